The number of hydrogen-bond acceptors (Lipinski definition) is 2. The van der Waals surface area contributed by atoms with Gasteiger partial charge in [-0.1, -0.05) is 18.6 Å². The van der Waals surface area contributed by atoms with Crippen LogP contribution in [-0.2, 0) is 4.74 Å². The predicted molar refractivity (Wildman–Crippen MR) is 63.0 cm³/mol. The highest BCUT2D eigenvalue weighted by atomic mass is 16.5. The van der Waals surface area contributed by atoms with Gasteiger partial charge in [-0.05, 0) is 45.1 Å². The van der Waals surface area contributed by atoms with E-state index < -0.39 is 0 Å². The van der Waals surface area contributed by atoms with Crippen molar-refractivity contribution >= 4 is 0 Å². The van der Waals surface area contributed by atoms with Crippen LogP contribution in [-0.4, -0.2) is 25.3 Å². The van der Waals surface area contributed by atoms with E-state index in [9.17, 15) is 0 Å². The first-order valence-corrected chi connectivity index (χ1v) is 6.45. The second kappa shape index (κ2) is 5.66. The van der Waals surface area contributed by atoms with E-state index in [0.717, 1.165) is 13.2 Å². The summed E-state index contributed by atoms with van der Waals surface area (Å²) in [7, 11) is 0. The molecule has 2 aliphatic rings. The lowest BCUT2D eigenvalue weighted by Gasteiger charge is -2.28. The maximum absolute atomic E-state index is 5.82. The van der Waals surface area contributed by atoms with Crippen LogP contribution in [0.2, 0.25) is 0 Å². The van der Waals surface area contributed by atoms with Gasteiger partial charge in [-0.3, -0.25) is 0 Å². The maximum atomic E-state index is 5.82. The van der Waals surface area contributed by atoms with Gasteiger partial charge in [-0.2, -0.15) is 0 Å². The standard InChI is InChI=1S/C13H23NO/c1-2-14-13(12-9-6-10-15-12)11-7-4-3-5-8-11/h7,12-14H,2-6,8-10H2,1H3. The third-order valence-corrected chi connectivity index (χ3v) is 3.49. The van der Waals surface area contributed by atoms with Gasteiger partial charge in [-0.15, -0.1) is 0 Å². The first kappa shape index (κ1) is 11.2. The van der Waals surface area contributed by atoms with Gasteiger partial charge in [0.25, 0.3) is 0 Å². The molecule has 2 atom stereocenters. The summed E-state index contributed by atoms with van der Waals surface area (Å²) in [5, 5.41) is 3.60. The fourth-order valence-electron chi connectivity index (χ4n) is 2.73. The lowest BCUT2D eigenvalue weighted by Crippen LogP contribution is -2.41. The van der Waals surface area contributed by atoms with E-state index in [4.69, 9.17) is 4.74 Å². The Morgan fingerprint density at radius 3 is 3.00 bits per heavy atom. The molecule has 1 N–H and O–H groups in total. The number of likely N-dealkylation sites (N-methyl/N-ethyl adjacent to an activating group) is 1. The van der Waals surface area contributed by atoms with E-state index in [-0.39, 0.29) is 0 Å². The Bertz CT molecular complexity index is 219. The monoisotopic (exact) mass is 209 g/mol. The second-order valence-electron chi connectivity index (χ2n) is 4.61. The van der Waals surface area contributed by atoms with Crippen molar-refractivity contribution in [1.29, 1.82) is 0 Å². The molecule has 2 rings (SSSR count). The van der Waals surface area contributed by atoms with Crippen molar-refractivity contribution in [2.24, 2.45) is 0 Å². The molecule has 15 heavy (non-hydrogen) atoms. The van der Waals surface area contributed by atoms with Crippen LogP contribution in [0, 0.1) is 0 Å². The normalized spacial score (nSPS) is 28.9. The number of nitrogens with one attached hydrogen (secondary N) is 1. The Morgan fingerprint density at radius 1 is 1.47 bits per heavy atom. The predicted octanol–water partition coefficient (Wildman–Crippen LogP) is 2.64. The van der Waals surface area contributed by atoms with E-state index in [1.54, 1.807) is 5.57 Å². The summed E-state index contributed by atoms with van der Waals surface area (Å²) >= 11 is 0. The van der Waals surface area contributed by atoms with Crippen molar-refractivity contribution in [3.63, 3.8) is 0 Å². The second-order valence-corrected chi connectivity index (χ2v) is 4.61. The molecular formula is C13H23NO. The minimum absolute atomic E-state index is 0.439. The molecule has 2 heteroatoms. The van der Waals surface area contributed by atoms with Crippen LogP contribution in [0.3, 0.4) is 0 Å². The van der Waals surface area contributed by atoms with E-state index in [2.05, 4.69) is 18.3 Å². The Morgan fingerprint density at radius 2 is 2.40 bits per heavy atom. The Labute approximate surface area is 93.1 Å². The minimum Gasteiger partial charge on any atom is -0.376 e. The zero-order chi connectivity index (χ0) is 10.5. The molecule has 0 spiro atoms. The van der Waals surface area contributed by atoms with Crippen LogP contribution >= 0.6 is 0 Å². The fraction of sp³-hybridized carbons (Fsp3) is 0.846. The van der Waals surface area contributed by atoms with E-state index in [0.29, 0.717) is 12.1 Å². The smallest absolute Gasteiger partial charge is 0.0767 e. The summed E-state index contributed by atoms with van der Waals surface area (Å²) in [6.45, 7) is 4.19. The molecule has 0 aromatic heterocycles. The summed E-state index contributed by atoms with van der Waals surface area (Å²) in [6.07, 6.45) is 10.6. The average Bonchev–Trinajstić information content (AvgIpc) is 2.80. The van der Waals surface area contributed by atoms with E-state index in [1.807, 2.05) is 0 Å². The molecule has 1 aliphatic carbocycles. The number of hydrogen-bond donors (Lipinski definition) is 1. The van der Waals surface area contributed by atoms with Gasteiger partial charge in [0.2, 0.25) is 0 Å². The topological polar surface area (TPSA) is 21.3 Å². The van der Waals surface area contributed by atoms with Crippen LogP contribution in [0.5, 0.6) is 0 Å². The zero-order valence-electron chi connectivity index (χ0n) is 9.80. The largest absolute Gasteiger partial charge is 0.376 e. The van der Waals surface area contributed by atoms with Gasteiger partial charge >= 0.3 is 0 Å². The lowest BCUT2D eigenvalue weighted by atomic mass is 9.90. The summed E-state index contributed by atoms with van der Waals surface area (Å²) < 4.78 is 5.82. The van der Waals surface area contributed by atoms with Crippen LogP contribution in [0.25, 0.3) is 0 Å². The molecule has 0 saturated carbocycles. The molecule has 86 valence electrons. The molecule has 1 fully saturated rings. The van der Waals surface area contributed by atoms with Gasteiger partial charge in [-0.25, -0.2) is 0 Å². The van der Waals surface area contributed by atoms with Crippen molar-refractivity contribution in [3.05, 3.63) is 11.6 Å². The molecule has 2 nitrogen and oxygen atoms in total. The maximum Gasteiger partial charge on any atom is 0.0767 e. The van der Waals surface area contributed by atoms with Crippen LogP contribution in [0.15, 0.2) is 11.6 Å². The molecule has 0 radical (unpaired) electrons. The number of ether oxygens (including phenoxy) is 1. The molecule has 0 amide bonds. The molecular weight excluding hydrogens is 186 g/mol. The Kier molecular flexibility index (Phi) is 4.21. The zero-order valence-corrected chi connectivity index (χ0v) is 9.80. The van der Waals surface area contributed by atoms with Crippen molar-refractivity contribution < 1.29 is 4.74 Å². The molecule has 1 aliphatic heterocycles. The third kappa shape index (κ3) is 2.82. The van der Waals surface area contributed by atoms with Gasteiger partial charge in [0, 0.05) is 6.61 Å². The van der Waals surface area contributed by atoms with Gasteiger partial charge in [0.05, 0.1) is 12.1 Å². The van der Waals surface area contributed by atoms with Gasteiger partial charge in [0.1, 0.15) is 0 Å². The van der Waals surface area contributed by atoms with Crippen LogP contribution in [0.1, 0.15) is 45.4 Å². The molecule has 0 aromatic rings. The Hall–Kier alpha value is -0.340. The molecule has 0 bridgehead atoms. The quantitative estimate of drug-likeness (QED) is 0.719. The van der Waals surface area contributed by atoms with E-state index >= 15 is 0 Å². The van der Waals surface area contributed by atoms with Gasteiger partial charge < -0.3 is 10.1 Å². The highest BCUT2D eigenvalue weighted by Crippen LogP contribution is 2.26. The third-order valence-electron chi connectivity index (χ3n) is 3.49. The minimum atomic E-state index is 0.439. The molecule has 0 aromatic carbocycles. The number of allylic oxidation sites excluding steroid dienone is 1. The van der Waals surface area contributed by atoms with Gasteiger partial charge in [0.15, 0.2) is 0 Å². The summed E-state index contributed by atoms with van der Waals surface area (Å²) in [5.74, 6) is 0. The SMILES string of the molecule is CCNC(C1=CCCCC1)C1CCCO1. The number of rotatable bonds is 4. The highest BCUT2D eigenvalue weighted by molar-refractivity contribution is 5.16. The Balaban J connectivity index is 2.00. The summed E-state index contributed by atoms with van der Waals surface area (Å²) in [4.78, 5) is 0. The average molecular weight is 209 g/mol. The summed E-state index contributed by atoms with van der Waals surface area (Å²) in [6, 6.07) is 0.498. The van der Waals surface area contributed by atoms with Crippen molar-refractivity contribution in [1.82, 2.24) is 5.32 Å². The lowest BCUT2D eigenvalue weighted by molar-refractivity contribution is 0.0875. The summed E-state index contributed by atoms with van der Waals surface area (Å²) in [5.41, 5.74) is 1.61. The van der Waals surface area contributed by atoms with Crippen molar-refractivity contribution in [3.8, 4) is 0 Å². The van der Waals surface area contributed by atoms with Crippen LogP contribution in [0.4, 0.5) is 0 Å². The molecule has 2 unspecified atom stereocenters. The van der Waals surface area contributed by atoms with Crippen LogP contribution < -0.4 is 5.32 Å². The van der Waals surface area contributed by atoms with Crippen molar-refractivity contribution in [2.75, 3.05) is 13.2 Å². The molecule has 1 heterocycles. The fourth-order valence-corrected chi connectivity index (χ4v) is 2.73. The van der Waals surface area contributed by atoms with E-state index in [1.165, 1.54) is 38.5 Å². The first-order chi connectivity index (χ1) is 7.42. The first-order valence-electron chi connectivity index (χ1n) is 6.45. The molecule has 1 saturated heterocycles. The highest BCUT2D eigenvalue weighted by Gasteiger charge is 2.28. The van der Waals surface area contributed by atoms with Crippen molar-refractivity contribution in [2.45, 2.75) is 57.6 Å².